The number of urea groups is 1. The molecule has 0 radical (unpaired) electrons. The maximum absolute atomic E-state index is 13.5. The second-order valence-electron chi connectivity index (χ2n) is 15.4. The van der Waals surface area contributed by atoms with E-state index in [-0.39, 0.29) is 16.5 Å². The Hall–Kier alpha value is -3.24. The summed E-state index contributed by atoms with van der Waals surface area (Å²) in [5.41, 5.74) is 6.33. The lowest BCUT2D eigenvalue weighted by Gasteiger charge is -2.36. The Morgan fingerprint density at radius 2 is 1.87 bits per heavy atom. The van der Waals surface area contributed by atoms with Crippen molar-refractivity contribution in [2.24, 2.45) is 11.3 Å². The Kier molecular flexibility index (Phi) is 9.75. The van der Waals surface area contributed by atoms with Crippen molar-refractivity contribution in [1.29, 1.82) is 0 Å². The van der Waals surface area contributed by atoms with Gasteiger partial charge in [0, 0.05) is 36.7 Å². The number of benzene rings is 1. The van der Waals surface area contributed by atoms with Crippen molar-refractivity contribution in [3.05, 3.63) is 47.9 Å². The smallest absolute Gasteiger partial charge is 0.321 e. The molecule has 2 aliphatic rings. The van der Waals surface area contributed by atoms with E-state index in [0.717, 1.165) is 67.8 Å². The first kappa shape index (κ1) is 33.1. The van der Waals surface area contributed by atoms with Crippen molar-refractivity contribution in [1.82, 2.24) is 24.6 Å². The van der Waals surface area contributed by atoms with Crippen LogP contribution in [0.3, 0.4) is 0 Å². The molecular formula is C35H53N7O2Si. The summed E-state index contributed by atoms with van der Waals surface area (Å²) in [6.45, 7) is 21.0. The minimum Gasteiger partial charge on any atom is -0.415 e. The van der Waals surface area contributed by atoms with Crippen LogP contribution in [0.25, 0.3) is 11.3 Å². The molecule has 1 fully saturated rings. The van der Waals surface area contributed by atoms with Crippen molar-refractivity contribution in [3.8, 4) is 11.3 Å². The SMILES string of the molecule is CC(C)(C)C1CCN(C(=O)Nc2cc(-c3ccnc(Nc4cnn(CCO[Si](C)(C)C(C)(C)C)c4)n3)cc3c2CCCCC3)C1. The molecule has 0 saturated carbocycles. The highest BCUT2D eigenvalue weighted by Gasteiger charge is 2.37. The van der Waals surface area contributed by atoms with Crippen molar-refractivity contribution in [3.63, 3.8) is 0 Å². The number of nitrogens with one attached hydrogen (secondary N) is 2. The van der Waals surface area contributed by atoms with Gasteiger partial charge in [0.15, 0.2) is 8.32 Å². The van der Waals surface area contributed by atoms with Crippen LogP contribution in [0.1, 0.15) is 78.4 Å². The van der Waals surface area contributed by atoms with Gasteiger partial charge in [-0.3, -0.25) is 4.68 Å². The summed E-state index contributed by atoms with van der Waals surface area (Å²) in [6, 6.07) is 6.30. The molecule has 5 rings (SSSR count). The number of carbonyl (C=O) groups excluding carboxylic acids is 1. The minimum atomic E-state index is -1.80. The van der Waals surface area contributed by atoms with Gasteiger partial charge in [0.2, 0.25) is 5.95 Å². The molecule has 1 atom stereocenters. The Morgan fingerprint density at radius 1 is 1.09 bits per heavy atom. The fraction of sp³-hybridized carbons (Fsp3) is 0.600. The topological polar surface area (TPSA) is 97.2 Å². The lowest BCUT2D eigenvalue weighted by Crippen LogP contribution is -2.41. The number of rotatable bonds is 8. The van der Waals surface area contributed by atoms with Gasteiger partial charge in [-0.05, 0) is 90.9 Å². The number of aromatic nitrogens is 4. The fourth-order valence-corrected chi connectivity index (χ4v) is 7.05. The molecule has 244 valence electrons. The summed E-state index contributed by atoms with van der Waals surface area (Å²) in [6.07, 6.45) is 12.1. The molecule has 2 amide bonds. The highest BCUT2D eigenvalue weighted by Crippen LogP contribution is 2.37. The van der Waals surface area contributed by atoms with Crippen LogP contribution < -0.4 is 10.6 Å². The molecule has 3 aromatic rings. The number of carbonyl (C=O) groups is 1. The summed E-state index contributed by atoms with van der Waals surface area (Å²) >= 11 is 0. The van der Waals surface area contributed by atoms with Crippen LogP contribution >= 0.6 is 0 Å². The molecule has 2 aromatic heterocycles. The molecule has 0 spiro atoms. The lowest BCUT2D eigenvalue weighted by molar-refractivity contribution is 0.208. The molecule has 1 aliphatic heterocycles. The molecule has 1 unspecified atom stereocenters. The van der Waals surface area contributed by atoms with Crippen LogP contribution in [0.4, 0.5) is 22.1 Å². The third kappa shape index (κ3) is 8.13. The molecule has 1 aromatic carbocycles. The molecule has 0 bridgehead atoms. The average molecular weight is 632 g/mol. The van der Waals surface area contributed by atoms with Gasteiger partial charge in [-0.1, -0.05) is 48.0 Å². The Bertz CT molecular complexity index is 1490. The number of hydrogen-bond donors (Lipinski definition) is 2. The first-order chi connectivity index (χ1) is 21.2. The maximum atomic E-state index is 13.5. The van der Waals surface area contributed by atoms with Gasteiger partial charge in [0.1, 0.15) is 0 Å². The van der Waals surface area contributed by atoms with Crippen LogP contribution in [-0.2, 0) is 23.8 Å². The zero-order valence-corrected chi connectivity index (χ0v) is 29.7. The second kappa shape index (κ2) is 13.2. The summed E-state index contributed by atoms with van der Waals surface area (Å²) in [5, 5.41) is 11.3. The summed E-state index contributed by atoms with van der Waals surface area (Å²) in [7, 11) is -1.80. The number of hydrogen-bond acceptors (Lipinski definition) is 6. The van der Waals surface area contributed by atoms with Crippen molar-refractivity contribution >= 4 is 31.7 Å². The Balaban J connectivity index is 1.30. The van der Waals surface area contributed by atoms with Crippen molar-refractivity contribution < 1.29 is 9.22 Å². The molecule has 3 heterocycles. The van der Waals surface area contributed by atoms with Gasteiger partial charge >= 0.3 is 6.03 Å². The third-order valence-electron chi connectivity index (χ3n) is 10.1. The zero-order valence-electron chi connectivity index (χ0n) is 28.7. The van der Waals surface area contributed by atoms with Crippen LogP contribution in [0, 0.1) is 11.3 Å². The van der Waals surface area contributed by atoms with Gasteiger partial charge in [0.25, 0.3) is 0 Å². The lowest BCUT2D eigenvalue weighted by atomic mass is 9.80. The Morgan fingerprint density at radius 3 is 2.60 bits per heavy atom. The van der Waals surface area contributed by atoms with E-state index in [4.69, 9.17) is 9.41 Å². The van der Waals surface area contributed by atoms with Gasteiger partial charge in [-0.25, -0.2) is 14.8 Å². The number of aryl methyl sites for hydroxylation is 1. The maximum Gasteiger partial charge on any atom is 0.321 e. The van der Waals surface area contributed by atoms with E-state index in [9.17, 15) is 4.79 Å². The molecule has 2 N–H and O–H groups in total. The van der Waals surface area contributed by atoms with Gasteiger partial charge < -0.3 is 20.0 Å². The molecule has 9 nitrogen and oxygen atoms in total. The van der Waals surface area contributed by atoms with Gasteiger partial charge in [0.05, 0.1) is 30.7 Å². The monoisotopic (exact) mass is 631 g/mol. The van der Waals surface area contributed by atoms with Crippen LogP contribution in [0.15, 0.2) is 36.8 Å². The van der Waals surface area contributed by atoms with E-state index in [2.05, 4.69) is 87.5 Å². The quantitative estimate of drug-likeness (QED) is 0.192. The van der Waals surface area contributed by atoms with Crippen LogP contribution in [0.2, 0.25) is 18.1 Å². The highest BCUT2D eigenvalue weighted by molar-refractivity contribution is 6.74. The first-order valence-electron chi connectivity index (χ1n) is 16.7. The summed E-state index contributed by atoms with van der Waals surface area (Å²) < 4.78 is 8.22. The van der Waals surface area contributed by atoms with Crippen molar-refractivity contribution in [2.75, 3.05) is 30.3 Å². The first-order valence-corrected chi connectivity index (χ1v) is 19.6. The molecule has 45 heavy (non-hydrogen) atoms. The number of amides is 2. The number of likely N-dealkylation sites (tertiary alicyclic amines) is 1. The molecule has 1 aliphatic carbocycles. The molecule has 10 heteroatoms. The fourth-order valence-electron chi connectivity index (χ4n) is 6.02. The van der Waals surface area contributed by atoms with E-state index < -0.39 is 8.32 Å². The molecule has 1 saturated heterocycles. The zero-order chi connectivity index (χ0) is 32.4. The largest absolute Gasteiger partial charge is 0.415 e. The minimum absolute atomic E-state index is 0.00196. The second-order valence-corrected chi connectivity index (χ2v) is 20.3. The van der Waals surface area contributed by atoms with E-state index in [0.29, 0.717) is 25.0 Å². The van der Waals surface area contributed by atoms with E-state index in [1.807, 2.05) is 21.8 Å². The van der Waals surface area contributed by atoms with Crippen LogP contribution in [-0.4, -0.2) is 58.7 Å². The predicted molar refractivity (Wildman–Crippen MR) is 186 cm³/mol. The normalized spacial score (nSPS) is 17.6. The van der Waals surface area contributed by atoms with E-state index in [1.165, 1.54) is 17.5 Å². The van der Waals surface area contributed by atoms with Crippen molar-refractivity contribution in [2.45, 2.75) is 105 Å². The van der Waals surface area contributed by atoms with Crippen LogP contribution in [0.5, 0.6) is 0 Å². The van der Waals surface area contributed by atoms with Gasteiger partial charge in [-0.2, -0.15) is 5.10 Å². The standard InChI is InChI=1S/C35H53N7O2Si/c1-34(2,3)27-15-17-41(23-27)33(43)40-31-21-26(20-25-12-10-9-11-13-29(25)31)30-14-16-36-32(39-30)38-28-22-37-42(24-28)18-19-44-45(7,8)35(4,5)6/h14,16,20-22,24,27H,9-13,15,17-19,23H2,1-8H3,(H,40,43)(H,36,38,39). The summed E-state index contributed by atoms with van der Waals surface area (Å²) in [5.74, 6) is 1.02. The highest BCUT2D eigenvalue weighted by atomic mass is 28.4. The summed E-state index contributed by atoms with van der Waals surface area (Å²) in [4.78, 5) is 24.8. The molecular weight excluding hydrogens is 579 g/mol. The van der Waals surface area contributed by atoms with E-state index >= 15 is 0 Å². The number of nitrogens with zero attached hydrogens (tertiary/aromatic N) is 5. The number of anilines is 3. The number of fused-ring (bicyclic) bond motifs is 1. The predicted octanol–water partition coefficient (Wildman–Crippen LogP) is 8.27. The average Bonchev–Trinajstić information content (AvgIpc) is 3.57. The van der Waals surface area contributed by atoms with E-state index in [1.54, 1.807) is 12.4 Å². The van der Waals surface area contributed by atoms with Gasteiger partial charge in [-0.15, -0.1) is 0 Å². The third-order valence-corrected chi connectivity index (χ3v) is 14.6. The Labute approximate surface area is 270 Å².